The van der Waals surface area contributed by atoms with Crippen molar-refractivity contribution in [2.24, 2.45) is 5.73 Å². The Hall–Kier alpha value is -2.74. The number of ether oxygens (including phenoxy) is 1. The third-order valence-electron chi connectivity index (χ3n) is 3.23. The first-order valence-electron chi connectivity index (χ1n) is 7.70. The zero-order valence-electron chi connectivity index (χ0n) is 13.9. The number of nitrogens with two attached hydrogens (primary N) is 1. The summed E-state index contributed by atoms with van der Waals surface area (Å²) in [6.45, 7) is 1.61. The van der Waals surface area contributed by atoms with E-state index in [1.165, 1.54) is 18.3 Å². The number of carbonyl (C=O) groups is 2. The maximum atomic E-state index is 11.4. The van der Waals surface area contributed by atoms with Crippen LogP contribution in [-0.4, -0.2) is 22.7 Å². The van der Waals surface area contributed by atoms with Gasteiger partial charge in [0.05, 0.1) is 5.69 Å². The zero-order valence-corrected chi connectivity index (χ0v) is 14.7. The number of thiazole rings is 1. The lowest BCUT2D eigenvalue weighted by Gasteiger charge is -2.06. The van der Waals surface area contributed by atoms with Crippen LogP contribution in [0.5, 0.6) is 0 Å². The summed E-state index contributed by atoms with van der Waals surface area (Å²) >= 11 is 1.40. The SMILES string of the molecule is CC(=O)Nc1nc(CCc2cccc(COC(=O)CC(=N)N)c2)cs1. The summed E-state index contributed by atoms with van der Waals surface area (Å²) in [5, 5.41) is 12.3. The molecule has 0 saturated carbocycles. The van der Waals surface area contributed by atoms with Crippen molar-refractivity contribution in [1.82, 2.24) is 4.98 Å². The number of hydrogen-bond acceptors (Lipinski definition) is 6. The monoisotopic (exact) mass is 360 g/mol. The molecule has 25 heavy (non-hydrogen) atoms. The summed E-state index contributed by atoms with van der Waals surface area (Å²) in [6, 6.07) is 7.76. The van der Waals surface area contributed by atoms with Gasteiger partial charge in [0, 0.05) is 12.3 Å². The van der Waals surface area contributed by atoms with Crippen LogP contribution in [-0.2, 0) is 33.8 Å². The lowest BCUT2D eigenvalue weighted by molar-refractivity contribution is -0.143. The molecule has 1 amide bonds. The largest absolute Gasteiger partial charge is 0.460 e. The average molecular weight is 360 g/mol. The van der Waals surface area contributed by atoms with Crippen molar-refractivity contribution in [2.75, 3.05) is 5.32 Å². The van der Waals surface area contributed by atoms with Crippen molar-refractivity contribution >= 4 is 34.2 Å². The van der Waals surface area contributed by atoms with Gasteiger partial charge < -0.3 is 15.8 Å². The Morgan fingerprint density at radius 1 is 1.32 bits per heavy atom. The molecule has 1 aromatic carbocycles. The van der Waals surface area contributed by atoms with Gasteiger partial charge in [0.15, 0.2) is 5.13 Å². The van der Waals surface area contributed by atoms with E-state index in [0.29, 0.717) is 5.13 Å². The molecule has 2 aromatic rings. The summed E-state index contributed by atoms with van der Waals surface area (Å²) in [7, 11) is 0. The Labute approximate surface area is 149 Å². The Morgan fingerprint density at radius 2 is 2.08 bits per heavy atom. The number of carbonyl (C=O) groups excluding carboxylic acids is 2. The number of anilines is 1. The van der Waals surface area contributed by atoms with Crippen molar-refractivity contribution in [1.29, 1.82) is 5.41 Å². The zero-order chi connectivity index (χ0) is 18.2. The van der Waals surface area contributed by atoms with Crippen LogP contribution >= 0.6 is 11.3 Å². The number of aryl methyl sites for hydroxylation is 2. The van der Waals surface area contributed by atoms with E-state index in [1.54, 1.807) is 0 Å². The number of amides is 1. The maximum absolute atomic E-state index is 11.4. The molecule has 0 fully saturated rings. The van der Waals surface area contributed by atoms with Gasteiger partial charge in [-0.2, -0.15) is 0 Å². The Morgan fingerprint density at radius 3 is 2.80 bits per heavy atom. The van der Waals surface area contributed by atoms with Gasteiger partial charge in [0.2, 0.25) is 5.91 Å². The first kappa shape index (κ1) is 18.6. The Bertz CT molecular complexity index is 773. The smallest absolute Gasteiger partial charge is 0.313 e. The molecule has 2 rings (SSSR count). The second-order valence-electron chi connectivity index (χ2n) is 5.51. The number of esters is 1. The second-order valence-corrected chi connectivity index (χ2v) is 6.37. The van der Waals surface area contributed by atoms with E-state index >= 15 is 0 Å². The minimum Gasteiger partial charge on any atom is -0.460 e. The normalized spacial score (nSPS) is 10.3. The van der Waals surface area contributed by atoms with Gasteiger partial charge in [-0.1, -0.05) is 24.3 Å². The minimum absolute atomic E-state index is 0.132. The minimum atomic E-state index is -0.508. The molecule has 0 spiro atoms. The van der Waals surface area contributed by atoms with E-state index in [4.69, 9.17) is 15.9 Å². The van der Waals surface area contributed by atoms with E-state index in [1.807, 2.05) is 29.6 Å². The number of benzene rings is 1. The van der Waals surface area contributed by atoms with Gasteiger partial charge in [-0.05, 0) is 24.0 Å². The van der Waals surface area contributed by atoms with Gasteiger partial charge in [0.25, 0.3) is 0 Å². The van der Waals surface area contributed by atoms with Crippen molar-refractivity contribution in [2.45, 2.75) is 32.8 Å². The maximum Gasteiger partial charge on any atom is 0.313 e. The fraction of sp³-hybridized carbons (Fsp3) is 0.294. The molecule has 1 heterocycles. The van der Waals surface area contributed by atoms with Crippen LogP contribution in [0, 0.1) is 5.41 Å². The van der Waals surface area contributed by atoms with Crippen LogP contribution in [0.3, 0.4) is 0 Å². The van der Waals surface area contributed by atoms with E-state index in [2.05, 4.69) is 10.3 Å². The van der Waals surface area contributed by atoms with Crippen molar-refractivity contribution < 1.29 is 14.3 Å². The quantitative estimate of drug-likeness (QED) is 0.379. The molecule has 0 bridgehead atoms. The highest BCUT2D eigenvalue weighted by atomic mass is 32.1. The molecule has 0 aliphatic carbocycles. The molecule has 0 unspecified atom stereocenters. The van der Waals surface area contributed by atoms with E-state index < -0.39 is 5.97 Å². The Balaban J connectivity index is 1.86. The molecule has 4 N–H and O–H groups in total. The number of nitrogens with one attached hydrogen (secondary N) is 2. The molecule has 8 heteroatoms. The third-order valence-corrected chi connectivity index (χ3v) is 4.04. The second kappa shape index (κ2) is 8.93. The fourth-order valence-electron chi connectivity index (χ4n) is 2.15. The summed E-state index contributed by atoms with van der Waals surface area (Å²) in [4.78, 5) is 26.8. The lowest BCUT2D eigenvalue weighted by atomic mass is 10.1. The van der Waals surface area contributed by atoms with Gasteiger partial charge in [-0.3, -0.25) is 15.0 Å². The van der Waals surface area contributed by atoms with Crippen molar-refractivity contribution in [3.63, 3.8) is 0 Å². The summed E-state index contributed by atoms with van der Waals surface area (Å²) in [5.74, 6) is -0.848. The van der Waals surface area contributed by atoms with Crippen LogP contribution in [0.1, 0.15) is 30.2 Å². The first-order valence-corrected chi connectivity index (χ1v) is 8.58. The summed E-state index contributed by atoms with van der Waals surface area (Å²) in [5.41, 5.74) is 8.07. The predicted octanol–water partition coefficient (Wildman–Crippen LogP) is 2.26. The molecule has 132 valence electrons. The number of amidine groups is 1. The fourth-order valence-corrected chi connectivity index (χ4v) is 2.94. The van der Waals surface area contributed by atoms with Crippen LogP contribution in [0.2, 0.25) is 0 Å². The standard InChI is InChI=1S/C17H20N4O3S/c1-11(22)20-17-21-14(10-25-17)6-5-12-3-2-4-13(7-12)9-24-16(23)8-15(18)19/h2-4,7,10H,5-6,8-9H2,1H3,(H3,18,19)(H,20,21,22). The number of hydrogen-bond donors (Lipinski definition) is 3. The number of rotatable bonds is 8. The number of nitrogens with zero attached hydrogens (tertiary/aromatic N) is 1. The van der Waals surface area contributed by atoms with Gasteiger partial charge in [-0.25, -0.2) is 4.98 Å². The van der Waals surface area contributed by atoms with Gasteiger partial charge >= 0.3 is 5.97 Å². The van der Waals surface area contributed by atoms with E-state index in [9.17, 15) is 9.59 Å². The molecule has 0 atom stereocenters. The highest BCUT2D eigenvalue weighted by Crippen LogP contribution is 2.17. The predicted molar refractivity (Wildman–Crippen MR) is 96.6 cm³/mol. The van der Waals surface area contributed by atoms with Crippen LogP contribution in [0.4, 0.5) is 5.13 Å². The molecule has 7 nitrogen and oxygen atoms in total. The van der Waals surface area contributed by atoms with Gasteiger partial charge in [-0.15, -0.1) is 11.3 Å². The number of aromatic nitrogens is 1. The van der Waals surface area contributed by atoms with E-state index in [0.717, 1.165) is 29.7 Å². The van der Waals surface area contributed by atoms with Crippen LogP contribution in [0.25, 0.3) is 0 Å². The summed E-state index contributed by atoms with van der Waals surface area (Å²) in [6.07, 6.45) is 1.35. The highest BCUT2D eigenvalue weighted by molar-refractivity contribution is 7.13. The highest BCUT2D eigenvalue weighted by Gasteiger charge is 2.07. The molecular weight excluding hydrogens is 340 g/mol. The van der Waals surface area contributed by atoms with Gasteiger partial charge in [0.1, 0.15) is 18.9 Å². The third kappa shape index (κ3) is 6.72. The molecular formula is C17H20N4O3S. The van der Waals surface area contributed by atoms with E-state index in [-0.39, 0.29) is 24.8 Å². The van der Waals surface area contributed by atoms with Crippen LogP contribution in [0.15, 0.2) is 29.6 Å². The summed E-state index contributed by atoms with van der Waals surface area (Å²) < 4.78 is 5.09. The van der Waals surface area contributed by atoms with Crippen molar-refractivity contribution in [3.05, 3.63) is 46.5 Å². The average Bonchev–Trinajstić information content (AvgIpc) is 2.97. The molecule has 0 aliphatic rings. The van der Waals surface area contributed by atoms with Crippen LogP contribution < -0.4 is 11.1 Å². The first-order chi connectivity index (χ1) is 11.9. The lowest BCUT2D eigenvalue weighted by Crippen LogP contribution is -2.17. The topological polar surface area (TPSA) is 118 Å². The Kier molecular flexibility index (Phi) is 6.64. The van der Waals surface area contributed by atoms with Crippen molar-refractivity contribution in [3.8, 4) is 0 Å². The molecule has 1 aromatic heterocycles. The molecule has 0 saturated heterocycles. The molecule has 0 radical (unpaired) electrons. The molecule has 0 aliphatic heterocycles.